The van der Waals surface area contributed by atoms with Gasteiger partial charge in [0.25, 0.3) is 0 Å². The Kier molecular flexibility index (Phi) is 4.19. The van der Waals surface area contributed by atoms with Gasteiger partial charge >= 0.3 is 5.97 Å². The number of carbonyl (C=O) groups is 1. The van der Waals surface area contributed by atoms with Crippen molar-refractivity contribution in [2.75, 3.05) is 7.11 Å². The Morgan fingerprint density at radius 3 is 2.87 bits per heavy atom. The Morgan fingerprint density at radius 2 is 2.33 bits per heavy atom. The van der Waals surface area contributed by atoms with Crippen molar-refractivity contribution in [2.24, 2.45) is 5.11 Å². The molecule has 15 heavy (non-hydrogen) atoms. The van der Waals surface area contributed by atoms with E-state index in [2.05, 4.69) is 14.8 Å². The molecule has 0 N–H and O–H groups in total. The molecule has 1 aromatic carbocycles. The molecule has 0 heterocycles. The van der Waals surface area contributed by atoms with Crippen molar-refractivity contribution < 1.29 is 9.53 Å². The van der Waals surface area contributed by atoms with Crippen molar-refractivity contribution in [2.45, 2.75) is 0 Å². The zero-order valence-electron chi connectivity index (χ0n) is 7.57. The number of ether oxygens (including phenoxy) is 1. The Bertz CT molecular complexity index is 457. The zero-order chi connectivity index (χ0) is 11.4. The van der Waals surface area contributed by atoms with E-state index in [4.69, 9.17) is 17.1 Å². The Balaban J connectivity index is 3.45. The molecule has 0 saturated heterocycles. The molecule has 0 aliphatic carbocycles. The second-order valence-electron chi connectivity index (χ2n) is 2.46. The smallest absolute Gasteiger partial charge is 0.338 e. The number of halogens is 2. The van der Waals surface area contributed by atoms with Crippen molar-refractivity contribution in [3.63, 3.8) is 0 Å². The monoisotopic (exact) mass is 337 g/mol. The van der Waals surface area contributed by atoms with Crippen LogP contribution in [0.4, 0.5) is 5.69 Å². The molecule has 0 aromatic heterocycles. The Hall–Kier alpha value is -0.980. The number of hydrogen-bond acceptors (Lipinski definition) is 3. The molecule has 78 valence electrons. The molecule has 0 unspecified atom stereocenters. The molecule has 0 aliphatic heterocycles. The summed E-state index contributed by atoms with van der Waals surface area (Å²) in [4.78, 5) is 14.0. The lowest BCUT2D eigenvalue weighted by Crippen LogP contribution is -2.02. The van der Waals surface area contributed by atoms with Crippen LogP contribution in [-0.4, -0.2) is 13.1 Å². The van der Waals surface area contributed by atoms with E-state index in [0.717, 1.165) is 0 Å². The molecule has 5 nitrogen and oxygen atoms in total. The second kappa shape index (κ2) is 5.20. The quantitative estimate of drug-likeness (QED) is 0.271. The van der Waals surface area contributed by atoms with Crippen LogP contribution in [-0.2, 0) is 4.74 Å². The number of rotatable bonds is 2. The highest BCUT2D eigenvalue weighted by molar-refractivity contribution is 14.1. The van der Waals surface area contributed by atoms with Gasteiger partial charge in [-0.2, -0.15) is 0 Å². The maximum Gasteiger partial charge on any atom is 0.338 e. The van der Waals surface area contributed by atoms with Crippen LogP contribution in [0.25, 0.3) is 10.4 Å². The lowest BCUT2D eigenvalue weighted by molar-refractivity contribution is 0.0601. The number of esters is 1. The molecule has 0 aliphatic rings. The molecule has 0 saturated carbocycles. The summed E-state index contributed by atoms with van der Waals surface area (Å²) in [6.07, 6.45) is 0. The van der Waals surface area contributed by atoms with Gasteiger partial charge in [0.05, 0.1) is 18.4 Å². The first-order valence-electron chi connectivity index (χ1n) is 3.72. The predicted octanol–water partition coefficient (Wildman–Crippen LogP) is 3.67. The summed E-state index contributed by atoms with van der Waals surface area (Å²) in [5, 5.41) is 3.82. The number of methoxy groups -OCH3 is 1. The first-order valence-corrected chi connectivity index (χ1v) is 5.18. The topological polar surface area (TPSA) is 75.1 Å². The first-order chi connectivity index (χ1) is 7.10. The normalized spacial score (nSPS) is 9.27. The molecule has 0 amide bonds. The van der Waals surface area contributed by atoms with Crippen molar-refractivity contribution in [1.29, 1.82) is 0 Å². The molecule has 0 radical (unpaired) electrons. The van der Waals surface area contributed by atoms with E-state index in [1.807, 2.05) is 22.6 Å². The van der Waals surface area contributed by atoms with Gasteiger partial charge in [-0.1, -0.05) is 16.7 Å². The van der Waals surface area contributed by atoms with Crippen molar-refractivity contribution >= 4 is 45.8 Å². The minimum Gasteiger partial charge on any atom is -0.465 e. The predicted molar refractivity (Wildman–Crippen MR) is 64.3 cm³/mol. The highest BCUT2D eigenvalue weighted by Crippen LogP contribution is 2.30. The molecule has 0 fully saturated rings. The molecule has 7 heteroatoms. The molecular formula is C8H5ClIN3O2. The minimum absolute atomic E-state index is 0.159. The second-order valence-corrected chi connectivity index (χ2v) is 4.06. The number of nitrogens with zero attached hydrogens (tertiary/aromatic N) is 3. The fourth-order valence-corrected chi connectivity index (χ4v) is 2.11. The Morgan fingerprint density at radius 1 is 1.67 bits per heavy atom. The highest BCUT2D eigenvalue weighted by atomic mass is 127. The lowest BCUT2D eigenvalue weighted by Gasteiger charge is -2.05. The van der Waals surface area contributed by atoms with Gasteiger partial charge in [0.15, 0.2) is 0 Å². The van der Waals surface area contributed by atoms with Gasteiger partial charge in [0, 0.05) is 13.5 Å². The largest absolute Gasteiger partial charge is 0.465 e. The Labute approximate surface area is 104 Å². The van der Waals surface area contributed by atoms with Crippen molar-refractivity contribution in [3.05, 3.63) is 36.7 Å². The maximum atomic E-state index is 11.3. The number of azide groups is 1. The SMILES string of the molecule is COC(=O)c1cc(Cl)cc(I)c1N=[N+]=[N-]. The first kappa shape index (κ1) is 12.1. The highest BCUT2D eigenvalue weighted by Gasteiger charge is 2.14. The lowest BCUT2D eigenvalue weighted by atomic mass is 10.2. The van der Waals surface area contributed by atoms with Gasteiger partial charge in [-0.25, -0.2) is 4.79 Å². The van der Waals surface area contributed by atoms with Crippen LogP contribution in [0, 0.1) is 3.57 Å². The molecule has 0 spiro atoms. The van der Waals surface area contributed by atoms with Gasteiger partial charge in [0.1, 0.15) is 0 Å². The summed E-state index contributed by atoms with van der Waals surface area (Å²) in [6.45, 7) is 0. The maximum absolute atomic E-state index is 11.3. The van der Waals surface area contributed by atoms with Crippen LogP contribution >= 0.6 is 34.2 Å². The summed E-state index contributed by atoms with van der Waals surface area (Å²) in [6, 6.07) is 3.00. The number of benzene rings is 1. The van der Waals surface area contributed by atoms with E-state index < -0.39 is 5.97 Å². The van der Waals surface area contributed by atoms with E-state index in [-0.39, 0.29) is 11.3 Å². The van der Waals surface area contributed by atoms with Gasteiger partial charge in [0.2, 0.25) is 0 Å². The third-order valence-corrected chi connectivity index (χ3v) is 2.62. The van der Waals surface area contributed by atoms with Gasteiger partial charge in [-0.05, 0) is 40.3 Å². The van der Waals surface area contributed by atoms with Crippen molar-refractivity contribution in [1.82, 2.24) is 0 Å². The van der Waals surface area contributed by atoms with Crippen LogP contribution in [0.2, 0.25) is 5.02 Å². The van der Waals surface area contributed by atoms with E-state index in [9.17, 15) is 4.79 Å². The standard InChI is InChI=1S/C8H5ClIN3O2/c1-15-8(14)5-2-4(9)3-6(10)7(5)12-13-11/h2-3H,1H3. The summed E-state index contributed by atoms with van der Waals surface area (Å²) in [5.41, 5.74) is 8.75. The third kappa shape index (κ3) is 2.74. The fourth-order valence-electron chi connectivity index (χ4n) is 0.978. The third-order valence-electron chi connectivity index (χ3n) is 1.58. The minimum atomic E-state index is -0.585. The molecular weight excluding hydrogens is 332 g/mol. The van der Waals surface area contributed by atoms with Crippen molar-refractivity contribution in [3.8, 4) is 0 Å². The van der Waals surface area contributed by atoms with E-state index in [1.54, 1.807) is 6.07 Å². The van der Waals surface area contributed by atoms with E-state index in [1.165, 1.54) is 13.2 Å². The summed E-state index contributed by atoms with van der Waals surface area (Å²) >= 11 is 7.70. The number of hydrogen-bond donors (Lipinski definition) is 0. The van der Waals surface area contributed by atoms with Crippen LogP contribution in [0.5, 0.6) is 0 Å². The average molecular weight is 338 g/mol. The van der Waals surface area contributed by atoms with Crippen LogP contribution in [0.1, 0.15) is 10.4 Å². The fraction of sp³-hybridized carbons (Fsp3) is 0.125. The summed E-state index contributed by atoms with van der Waals surface area (Å²) in [5.74, 6) is -0.585. The average Bonchev–Trinajstić information content (AvgIpc) is 2.20. The zero-order valence-corrected chi connectivity index (χ0v) is 10.5. The van der Waals surface area contributed by atoms with Gasteiger partial charge < -0.3 is 4.74 Å². The molecule has 0 atom stereocenters. The van der Waals surface area contributed by atoms with Gasteiger partial charge in [-0.3, -0.25) is 0 Å². The van der Waals surface area contributed by atoms with Crippen LogP contribution < -0.4 is 0 Å². The summed E-state index contributed by atoms with van der Waals surface area (Å²) < 4.78 is 5.14. The van der Waals surface area contributed by atoms with E-state index >= 15 is 0 Å². The molecule has 1 aromatic rings. The van der Waals surface area contributed by atoms with E-state index in [0.29, 0.717) is 8.59 Å². The van der Waals surface area contributed by atoms with Crippen LogP contribution in [0.15, 0.2) is 17.2 Å². The molecule has 1 rings (SSSR count). The molecule has 0 bridgehead atoms. The van der Waals surface area contributed by atoms with Gasteiger partial charge in [-0.15, -0.1) is 0 Å². The van der Waals surface area contributed by atoms with Crippen LogP contribution in [0.3, 0.4) is 0 Å². The number of carbonyl (C=O) groups excluding carboxylic acids is 1. The summed E-state index contributed by atoms with van der Waals surface area (Å²) in [7, 11) is 1.25.